The van der Waals surface area contributed by atoms with Gasteiger partial charge in [-0.25, -0.2) is 0 Å². The average molecular weight is 243 g/mol. The number of nitrogens with zero attached hydrogens (tertiary/aromatic N) is 3. The molecule has 18 heavy (non-hydrogen) atoms. The molecule has 0 amide bonds. The molecule has 0 saturated heterocycles. The molecule has 0 unspecified atom stereocenters. The third-order valence-corrected chi connectivity index (χ3v) is 2.41. The molecule has 0 atom stereocenters. The van der Waals surface area contributed by atoms with E-state index in [1.165, 1.54) is 0 Å². The van der Waals surface area contributed by atoms with Crippen LogP contribution < -0.4 is 11.1 Å². The van der Waals surface area contributed by atoms with Gasteiger partial charge in [0.15, 0.2) is 5.82 Å². The Morgan fingerprint density at radius 3 is 2.94 bits per heavy atom. The van der Waals surface area contributed by atoms with Crippen molar-refractivity contribution in [3.8, 4) is 6.07 Å². The van der Waals surface area contributed by atoms with Gasteiger partial charge in [0.1, 0.15) is 0 Å². The average Bonchev–Trinajstić information content (AvgIpc) is 2.77. The van der Waals surface area contributed by atoms with E-state index in [2.05, 4.69) is 15.5 Å². The van der Waals surface area contributed by atoms with Gasteiger partial charge in [-0.05, 0) is 18.2 Å². The van der Waals surface area contributed by atoms with E-state index in [9.17, 15) is 0 Å². The van der Waals surface area contributed by atoms with Gasteiger partial charge in [0.05, 0.1) is 23.0 Å². The highest BCUT2D eigenvalue weighted by atomic mass is 16.5. The van der Waals surface area contributed by atoms with Crippen LogP contribution >= 0.6 is 0 Å². The van der Waals surface area contributed by atoms with Gasteiger partial charge in [-0.15, -0.1) is 0 Å². The Bertz CT molecular complexity index is 584. The van der Waals surface area contributed by atoms with Crippen LogP contribution in [0.25, 0.3) is 0 Å². The van der Waals surface area contributed by atoms with Crippen molar-refractivity contribution in [2.45, 2.75) is 13.3 Å². The Labute approximate surface area is 104 Å². The lowest BCUT2D eigenvalue weighted by Gasteiger charge is -2.07. The van der Waals surface area contributed by atoms with Crippen LogP contribution in [0.2, 0.25) is 0 Å². The zero-order chi connectivity index (χ0) is 13.0. The normalized spacial score (nSPS) is 10.0. The second-order valence-corrected chi connectivity index (χ2v) is 3.82. The molecule has 0 radical (unpaired) electrons. The van der Waals surface area contributed by atoms with E-state index in [-0.39, 0.29) is 0 Å². The monoisotopic (exact) mass is 243 g/mol. The van der Waals surface area contributed by atoms with Crippen molar-refractivity contribution in [1.82, 2.24) is 10.1 Å². The minimum absolute atomic E-state index is 0.548. The van der Waals surface area contributed by atoms with Crippen molar-refractivity contribution in [1.29, 1.82) is 5.26 Å². The first-order valence-corrected chi connectivity index (χ1v) is 5.51. The maximum Gasteiger partial charge on any atom is 0.223 e. The van der Waals surface area contributed by atoms with Crippen molar-refractivity contribution in [2.24, 2.45) is 0 Å². The molecule has 3 N–H and O–H groups in total. The van der Waals surface area contributed by atoms with E-state index in [1.54, 1.807) is 25.1 Å². The number of anilines is 2. The first-order chi connectivity index (χ1) is 8.69. The van der Waals surface area contributed by atoms with E-state index in [0.29, 0.717) is 35.9 Å². The lowest BCUT2D eigenvalue weighted by molar-refractivity contribution is 0.387. The van der Waals surface area contributed by atoms with Gasteiger partial charge < -0.3 is 15.6 Å². The molecule has 6 heteroatoms. The minimum Gasteiger partial charge on any atom is -0.397 e. The Balaban J connectivity index is 1.92. The second-order valence-electron chi connectivity index (χ2n) is 3.82. The van der Waals surface area contributed by atoms with E-state index >= 15 is 0 Å². The highest BCUT2D eigenvalue weighted by Crippen LogP contribution is 2.19. The van der Waals surface area contributed by atoms with Crippen molar-refractivity contribution in [3.63, 3.8) is 0 Å². The van der Waals surface area contributed by atoms with Crippen molar-refractivity contribution < 1.29 is 4.52 Å². The summed E-state index contributed by atoms with van der Waals surface area (Å²) in [7, 11) is 0. The zero-order valence-corrected chi connectivity index (χ0v) is 9.97. The number of nitrogen functional groups attached to an aromatic ring is 1. The fourth-order valence-corrected chi connectivity index (χ4v) is 1.55. The van der Waals surface area contributed by atoms with Crippen LogP contribution in [0.15, 0.2) is 22.7 Å². The summed E-state index contributed by atoms with van der Waals surface area (Å²) >= 11 is 0. The number of rotatable bonds is 4. The molecule has 2 rings (SSSR count). The summed E-state index contributed by atoms with van der Waals surface area (Å²) in [6.45, 7) is 2.40. The number of aryl methyl sites for hydroxylation is 1. The highest BCUT2D eigenvalue weighted by molar-refractivity contribution is 5.68. The smallest absolute Gasteiger partial charge is 0.223 e. The van der Waals surface area contributed by atoms with E-state index in [0.717, 1.165) is 5.69 Å². The van der Waals surface area contributed by atoms with Gasteiger partial charge in [-0.3, -0.25) is 0 Å². The molecular weight excluding hydrogens is 230 g/mol. The number of nitrogens with two attached hydrogens (primary N) is 1. The Morgan fingerprint density at radius 1 is 1.50 bits per heavy atom. The SMILES string of the molecule is Cc1nc(CCNc2ccc(C#N)cc2N)no1. The van der Waals surface area contributed by atoms with Gasteiger partial charge in [0.25, 0.3) is 0 Å². The number of benzene rings is 1. The van der Waals surface area contributed by atoms with Crippen molar-refractivity contribution >= 4 is 11.4 Å². The molecule has 0 spiro atoms. The molecule has 0 aliphatic rings. The Hall–Kier alpha value is -2.55. The first kappa shape index (κ1) is 11.9. The molecule has 6 nitrogen and oxygen atoms in total. The van der Waals surface area contributed by atoms with E-state index in [1.807, 2.05) is 6.07 Å². The Kier molecular flexibility index (Phi) is 3.44. The van der Waals surface area contributed by atoms with Crippen molar-refractivity contribution in [3.05, 3.63) is 35.5 Å². The van der Waals surface area contributed by atoms with Crippen LogP contribution in [0.5, 0.6) is 0 Å². The first-order valence-electron chi connectivity index (χ1n) is 5.51. The number of hydrogen-bond donors (Lipinski definition) is 2. The summed E-state index contributed by atoms with van der Waals surface area (Å²) in [6, 6.07) is 7.19. The van der Waals surface area contributed by atoms with E-state index in [4.69, 9.17) is 15.5 Å². The van der Waals surface area contributed by atoms with Gasteiger partial charge in [0, 0.05) is 19.9 Å². The highest BCUT2D eigenvalue weighted by Gasteiger charge is 2.03. The summed E-state index contributed by atoms with van der Waals surface area (Å²) in [4.78, 5) is 4.10. The van der Waals surface area contributed by atoms with Gasteiger partial charge in [-0.1, -0.05) is 5.16 Å². The predicted molar refractivity (Wildman–Crippen MR) is 66.8 cm³/mol. The Morgan fingerprint density at radius 2 is 2.33 bits per heavy atom. The maximum absolute atomic E-state index is 8.73. The molecule has 1 aromatic carbocycles. The summed E-state index contributed by atoms with van der Waals surface area (Å²) in [5, 5.41) is 15.7. The van der Waals surface area contributed by atoms with Crippen LogP contribution in [0, 0.1) is 18.3 Å². The van der Waals surface area contributed by atoms with Gasteiger partial charge in [0.2, 0.25) is 5.89 Å². The molecule has 0 aliphatic carbocycles. The predicted octanol–water partition coefficient (Wildman–Crippen LogP) is 1.49. The van der Waals surface area contributed by atoms with Gasteiger partial charge >= 0.3 is 0 Å². The third-order valence-electron chi connectivity index (χ3n) is 2.41. The molecule has 1 aromatic heterocycles. The molecule has 0 saturated carbocycles. The van der Waals surface area contributed by atoms with Crippen LogP contribution in [0.4, 0.5) is 11.4 Å². The maximum atomic E-state index is 8.73. The molecule has 0 aliphatic heterocycles. The van der Waals surface area contributed by atoms with Crippen molar-refractivity contribution in [2.75, 3.05) is 17.6 Å². The van der Waals surface area contributed by atoms with Gasteiger partial charge in [-0.2, -0.15) is 10.2 Å². The van der Waals surface area contributed by atoms with E-state index < -0.39 is 0 Å². The van der Waals surface area contributed by atoms with Crippen LogP contribution in [0.1, 0.15) is 17.3 Å². The molecule has 2 aromatic rings. The fraction of sp³-hybridized carbons (Fsp3) is 0.250. The molecule has 0 bridgehead atoms. The molecule has 1 heterocycles. The third kappa shape index (κ3) is 2.77. The lowest BCUT2D eigenvalue weighted by atomic mass is 10.2. The minimum atomic E-state index is 0.548. The zero-order valence-electron chi connectivity index (χ0n) is 9.97. The molecule has 0 fully saturated rings. The second kappa shape index (κ2) is 5.19. The summed E-state index contributed by atoms with van der Waals surface area (Å²) in [5.74, 6) is 1.22. The standard InChI is InChI=1S/C12H13N5O/c1-8-16-12(17-18-8)4-5-15-11-3-2-9(7-13)6-10(11)14/h2-3,6,15H,4-5,14H2,1H3. The number of aromatic nitrogens is 2. The quantitative estimate of drug-likeness (QED) is 0.789. The number of hydrogen-bond acceptors (Lipinski definition) is 6. The number of nitrogens with one attached hydrogen (secondary N) is 1. The molecular formula is C12H13N5O. The van der Waals surface area contributed by atoms with Crippen LogP contribution in [0.3, 0.4) is 0 Å². The largest absolute Gasteiger partial charge is 0.397 e. The molecule has 92 valence electrons. The van der Waals surface area contributed by atoms with Crippen LogP contribution in [-0.4, -0.2) is 16.7 Å². The lowest BCUT2D eigenvalue weighted by Crippen LogP contribution is -2.07. The summed E-state index contributed by atoms with van der Waals surface area (Å²) in [5.41, 5.74) is 7.72. The summed E-state index contributed by atoms with van der Waals surface area (Å²) in [6.07, 6.45) is 0.650. The topological polar surface area (TPSA) is 101 Å². The summed E-state index contributed by atoms with van der Waals surface area (Å²) < 4.78 is 4.87. The number of nitriles is 1. The van der Waals surface area contributed by atoms with Crippen LogP contribution in [-0.2, 0) is 6.42 Å². The fourth-order valence-electron chi connectivity index (χ4n) is 1.55.